The first-order chi connectivity index (χ1) is 5.23. The summed E-state index contributed by atoms with van der Waals surface area (Å²) in [6, 6.07) is 0. The van der Waals surface area contributed by atoms with E-state index in [4.69, 9.17) is 0 Å². The van der Waals surface area contributed by atoms with E-state index in [1.807, 2.05) is 0 Å². The Labute approximate surface area is 62.7 Å². The minimum Gasteiger partial charge on any atom is -0.244 e. The fraction of sp³-hybridized carbons (Fsp3) is 0.600. The van der Waals surface area contributed by atoms with Crippen molar-refractivity contribution in [1.29, 1.82) is 0 Å². The van der Waals surface area contributed by atoms with Gasteiger partial charge in [-0.25, -0.2) is 4.39 Å². The van der Waals surface area contributed by atoms with Crippen LogP contribution < -0.4 is 0 Å². The minimum atomic E-state index is -5.15. The van der Waals surface area contributed by atoms with E-state index in [0.29, 0.717) is 0 Å². The third-order valence-electron chi connectivity index (χ3n) is 0.946. The van der Waals surface area contributed by atoms with E-state index in [-0.39, 0.29) is 0 Å². The highest BCUT2D eigenvalue weighted by molar-refractivity contribution is 5.02. The summed E-state index contributed by atoms with van der Waals surface area (Å²) in [7, 11) is 0. The first-order valence-corrected chi connectivity index (χ1v) is 2.58. The molecule has 0 aromatic heterocycles. The molecule has 0 saturated carbocycles. The fourth-order valence-electron chi connectivity index (χ4n) is 0.332. The zero-order valence-electron chi connectivity index (χ0n) is 5.43. The molecule has 0 aliphatic heterocycles. The molecule has 0 aliphatic carbocycles. The van der Waals surface area contributed by atoms with E-state index in [1.165, 1.54) is 0 Å². The molecule has 0 spiro atoms. The number of halogens is 7. The highest BCUT2D eigenvalue weighted by atomic mass is 19.3. The van der Waals surface area contributed by atoms with Gasteiger partial charge in [-0.1, -0.05) is 0 Å². The molecule has 0 bridgehead atoms. The summed E-state index contributed by atoms with van der Waals surface area (Å²) < 4.78 is 80.8. The van der Waals surface area contributed by atoms with E-state index in [0.717, 1.165) is 0 Å². The van der Waals surface area contributed by atoms with Crippen LogP contribution in [0, 0.1) is 0 Å². The van der Waals surface area contributed by atoms with E-state index in [9.17, 15) is 30.7 Å². The van der Waals surface area contributed by atoms with Gasteiger partial charge in [-0.05, 0) is 0 Å². The van der Waals surface area contributed by atoms with Crippen LogP contribution >= 0.6 is 0 Å². The Morgan fingerprint density at radius 2 is 1.50 bits per heavy atom. The lowest BCUT2D eigenvalue weighted by atomic mass is 10.2. The van der Waals surface area contributed by atoms with Gasteiger partial charge in [0.2, 0.25) is 0 Å². The Kier molecular flexibility index (Phi) is 3.11. The summed E-state index contributed by atoms with van der Waals surface area (Å²) in [5.74, 6) is -10.2. The average Bonchev–Trinajstić information content (AvgIpc) is 1.84. The maximum Gasteiger partial charge on any atom is 0.341 e. The summed E-state index contributed by atoms with van der Waals surface area (Å²) in [5.41, 5.74) is 0. The molecular formula is C5H3F7. The maximum atomic E-state index is 11.9. The van der Waals surface area contributed by atoms with Gasteiger partial charge < -0.3 is 0 Å². The molecule has 0 radical (unpaired) electrons. The van der Waals surface area contributed by atoms with Gasteiger partial charge in [-0.15, -0.1) is 0 Å². The highest BCUT2D eigenvalue weighted by Gasteiger charge is 2.55. The first kappa shape index (κ1) is 11.2. The summed E-state index contributed by atoms with van der Waals surface area (Å²) in [4.78, 5) is 0. The molecule has 0 heterocycles. The topological polar surface area (TPSA) is 0 Å². The second-order valence-electron chi connectivity index (χ2n) is 1.90. The lowest BCUT2D eigenvalue weighted by molar-refractivity contribution is -0.188. The quantitative estimate of drug-likeness (QED) is 0.608. The van der Waals surface area contributed by atoms with E-state index in [1.54, 1.807) is 0 Å². The molecule has 0 rings (SSSR count). The summed E-state index contributed by atoms with van der Waals surface area (Å²) in [6.07, 6.45) is -4.25. The van der Waals surface area contributed by atoms with Crippen LogP contribution in [-0.2, 0) is 0 Å². The van der Waals surface area contributed by atoms with Crippen LogP contribution in [0.25, 0.3) is 0 Å². The van der Waals surface area contributed by atoms with Crippen LogP contribution in [0.3, 0.4) is 0 Å². The highest BCUT2D eigenvalue weighted by Crippen LogP contribution is 2.36. The Balaban J connectivity index is 4.72. The Morgan fingerprint density at radius 3 is 1.75 bits per heavy atom. The standard InChI is InChI=1S/C5H3F7/c6-2-5(11,12)4(9,10)1-3(7)8/h1H,2H2. The second-order valence-corrected chi connectivity index (χ2v) is 1.90. The number of rotatable bonds is 3. The van der Waals surface area contributed by atoms with Gasteiger partial charge in [-0.2, -0.15) is 26.3 Å². The molecule has 0 saturated heterocycles. The average molecular weight is 196 g/mol. The SMILES string of the molecule is FCC(F)(F)C(F)(F)C=C(F)F. The van der Waals surface area contributed by atoms with Crippen LogP contribution in [-0.4, -0.2) is 18.5 Å². The number of allylic oxidation sites excluding steroid dienone is 1. The predicted octanol–water partition coefficient (Wildman–Crippen LogP) is 3.01. The Bertz CT molecular complexity index is 178. The van der Waals surface area contributed by atoms with Gasteiger partial charge in [-0.3, -0.25) is 0 Å². The molecule has 72 valence electrons. The Morgan fingerprint density at radius 1 is 1.08 bits per heavy atom. The molecule has 0 unspecified atom stereocenters. The van der Waals surface area contributed by atoms with Crippen molar-refractivity contribution < 1.29 is 30.7 Å². The van der Waals surface area contributed by atoms with Crippen LogP contribution in [0.5, 0.6) is 0 Å². The largest absolute Gasteiger partial charge is 0.341 e. The smallest absolute Gasteiger partial charge is 0.244 e. The number of alkyl halides is 5. The fourth-order valence-corrected chi connectivity index (χ4v) is 0.332. The van der Waals surface area contributed by atoms with Gasteiger partial charge in [0.05, 0.1) is 6.08 Å². The van der Waals surface area contributed by atoms with Crippen molar-refractivity contribution in [1.82, 2.24) is 0 Å². The zero-order valence-corrected chi connectivity index (χ0v) is 5.43. The molecule has 12 heavy (non-hydrogen) atoms. The summed E-state index contributed by atoms with van der Waals surface area (Å²) in [5, 5.41) is 0. The molecular weight excluding hydrogens is 193 g/mol. The molecule has 7 heteroatoms. The third kappa shape index (κ3) is 2.38. The van der Waals surface area contributed by atoms with Gasteiger partial charge in [0.1, 0.15) is 0 Å². The second kappa shape index (κ2) is 3.32. The van der Waals surface area contributed by atoms with Crippen molar-refractivity contribution in [2.45, 2.75) is 11.8 Å². The van der Waals surface area contributed by atoms with Crippen molar-refractivity contribution in [2.24, 2.45) is 0 Å². The molecule has 0 aromatic rings. The molecule has 0 fully saturated rings. The van der Waals surface area contributed by atoms with Crippen LogP contribution in [0.1, 0.15) is 0 Å². The van der Waals surface area contributed by atoms with E-state index < -0.39 is 30.7 Å². The lowest BCUT2D eigenvalue weighted by Crippen LogP contribution is -2.40. The monoisotopic (exact) mass is 196 g/mol. The molecule has 0 aliphatic rings. The van der Waals surface area contributed by atoms with Gasteiger partial charge in [0.15, 0.2) is 6.67 Å². The van der Waals surface area contributed by atoms with Crippen molar-refractivity contribution in [3.05, 3.63) is 12.2 Å². The maximum absolute atomic E-state index is 11.9. The predicted molar refractivity (Wildman–Crippen MR) is 26.2 cm³/mol. The van der Waals surface area contributed by atoms with Crippen LogP contribution in [0.4, 0.5) is 30.7 Å². The molecule has 0 N–H and O–H groups in total. The van der Waals surface area contributed by atoms with Crippen LogP contribution in [0.2, 0.25) is 0 Å². The van der Waals surface area contributed by atoms with Gasteiger partial charge in [0.25, 0.3) is 6.08 Å². The zero-order chi connectivity index (χ0) is 9.99. The number of hydrogen-bond donors (Lipinski definition) is 0. The van der Waals surface area contributed by atoms with E-state index >= 15 is 0 Å². The van der Waals surface area contributed by atoms with Gasteiger partial charge in [0, 0.05) is 0 Å². The number of hydrogen-bond acceptors (Lipinski definition) is 0. The van der Waals surface area contributed by atoms with Crippen molar-refractivity contribution in [2.75, 3.05) is 6.67 Å². The lowest BCUT2D eigenvalue weighted by Gasteiger charge is -2.19. The molecule has 0 aromatic carbocycles. The Hall–Kier alpha value is -0.750. The van der Waals surface area contributed by atoms with Crippen molar-refractivity contribution >= 4 is 0 Å². The van der Waals surface area contributed by atoms with Gasteiger partial charge >= 0.3 is 11.8 Å². The first-order valence-electron chi connectivity index (χ1n) is 2.58. The van der Waals surface area contributed by atoms with E-state index in [2.05, 4.69) is 0 Å². The van der Waals surface area contributed by atoms with Crippen molar-refractivity contribution in [3.63, 3.8) is 0 Å². The summed E-state index contributed by atoms with van der Waals surface area (Å²) >= 11 is 0. The molecule has 0 amide bonds. The van der Waals surface area contributed by atoms with Crippen molar-refractivity contribution in [3.8, 4) is 0 Å². The normalized spacial score (nSPS) is 12.9. The molecule has 0 nitrogen and oxygen atoms in total. The minimum absolute atomic E-state index is 1.27. The van der Waals surface area contributed by atoms with Crippen LogP contribution in [0.15, 0.2) is 12.2 Å². The molecule has 0 atom stereocenters. The third-order valence-corrected chi connectivity index (χ3v) is 0.946. The summed E-state index contributed by atoms with van der Waals surface area (Å²) in [6.45, 7) is -2.69.